The molecular weight excluding hydrogens is 266 g/mol. The molecule has 0 aromatic carbocycles. The Bertz CT molecular complexity index is 483. The third kappa shape index (κ3) is 6.04. The van der Waals surface area contributed by atoms with Crippen LogP contribution in [0.5, 0.6) is 0 Å². The highest BCUT2D eigenvalue weighted by molar-refractivity contribution is 5.85. The summed E-state index contributed by atoms with van der Waals surface area (Å²) < 4.78 is 0. The van der Waals surface area contributed by atoms with Gasteiger partial charge in [0.2, 0.25) is 0 Å². The SMILES string of the molecule is CC(=O)[C@H](Cc1ccc(N)cn1)N[C@@H](CC(C)C)C(C)=O. The average Bonchev–Trinajstić information content (AvgIpc) is 2.38. The Balaban J connectivity index is 2.78. The molecule has 1 aromatic rings. The van der Waals surface area contributed by atoms with Crippen molar-refractivity contribution in [3.05, 3.63) is 24.0 Å². The van der Waals surface area contributed by atoms with E-state index in [-0.39, 0.29) is 17.6 Å². The summed E-state index contributed by atoms with van der Waals surface area (Å²) in [5.74, 6) is 0.442. The third-order valence-electron chi connectivity index (χ3n) is 3.35. The van der Waals surface area contributed by atoms with E-state index in [0.29, 0.717) is 24.4 Å². The van der Waals surface area contributed by atoms with Gasteiger partial charge in [-0.3, -0.25) is 19.9 Å². The Morgan fingerprint density at radius 1 is 1.19 bits per heavy atom. The van der Waals surface area contributed by atoms with Crippen molar-refractivity contribution in [3.63, 3.8) is 0 Å². The van der Waals surface area contributed by atoms with E-state index in [1.54, 1.807) is 25.3 Å². The van der Waals surface area contributed by atoms with Crippen LogP contribution in [0.3, 0.4) is 0 Å². The van der Waals surface area contributed by atoms with Crippen molar-refractivity contribution in [1.29, 1.82) is 0 Å². The van der Waals surface area contributed by atoms with Crippen LogP contribution in [-0.2, 0) is 16.0 Å². The van der Waals surface area contributed by atoms with Crippen molar-refractivity contribution >= 4 is 17.3 Å². The van der Waals surface area contributed by atoms with Crippen LogP contribution in [-0.4, -0.2) is 28.6 Å². The molecule has 1 rings (SSSR count). The smallest absolute Gasteiger partial charge is 0.147 e. The van der Waals surface area contributed by atoms with Gasteiger partial charge in [0.05, 0.1) is 24.0 Å². The second-order valence-corrected chi connectivity index (χ2v) is 5.91. The number of carbonyl (C=O) groups excluding carboxylic acids is 2. The highest BCUT2D eigenvalue weighted by Gasteiger charge is 2.23. The number of nitrogen functional groups attached to an aromatic ring is 1. The number of hydrogen-bond acceptors (Lipinski definition) is 5. The fourth-order valence-electron chi connectivity index (χ4n) is 2.15. The summed E-state index contributed by atoms with van der Waals surface area (Å²) in [6.07, 6.45) is 2.74. The van der Waals surface area contributed by atoms with Crippen molar-refractivity contribution in [1.82, 2.24) is 10.3 Å². The van der Waals surface area contributed by atoms with E-state index in [0.717, 1.165) is 5.69 Å². The first-order chi connectivity index (χ1) is 9.79. The molecule has 0 radical (unpaired) electrons. The number of anilines is 1. The zero-order valence-corrected chi connectivity index (χ0v) is 13.2. The molecule has 3 N–H and O–H groups in total. The number of Topliss-reactive ketones (excluding diaryl/α,β-unsaturated/α-hetero) is 2. The van der Waals surface area contributed by atoms with Crippen LogP contribution in [0.2, 0.25) is 0 Å². The van der Waals surface area contributed by atoms with Crippen LogP contribution in [0.15, 0.2) is 18.3 Å². The van der Waals surface area contributed by atoms with Crippen molar-refractivity contribution < 1.29 is 9.59 Å². The number of hydrogen-bond donors (Lipinski definition) is 2. The topological polar surface area (TPSA) is 85.1 Å². The molecular formula is C16H25N3O2. The maximum absolute atomic E-state index is 11.8. The van der Waals surface area contributed by atoms with E-state index < -0.39 is 6.04 Å². The zero-order chi connectivity index (χ0) is 16.0. The lowest BCUT2D eigenvalue weighted by Gasteiger charge is -2.23. The van der Waals surface area contributed by atoms with Crippen molar-refractivity contribution in [2.45, 2.75) is 52.6 Å². The summed E-state index contributed by atoms with van der Waals surface area (Å²) in [5, 5.41) is 3.18. The second kappa shape index (κ2) is 7.88. The Morgan fingerprint density at radius 2 is 1.81 bits per heavy atom. The average molecular weight is 291 g/mol. The van der Waals surface area contributed by atoms with E-state index >= 15 is 0 Å². The van der Waals surface area contributed by atoms with Gasteiger partial charge in [-0.2, -0.15) is 0 Å². The van der Waals surface area contributed by atoms with Crippen LogP contribution in [0.4, 0.5) is 5.69 Å². The van der Waals surface area contributed by atoms with Crippen molar-refractivity contribution in [3.8, 4) is 0 Å². The third-order valence-corrected chi connectivity index (χ3v) is 3.35. The maximum atomic E-state index is 11.8. The number of carbonyl (C=O) groups is 2. The molecule has 0 bridgehead atoms. The maximum Gasteiger partial charge on any atom is 0.147 e. The summed E-state index contributed by atoms with van der Waals surface area (Å²) >= 11 is 0. The minimum atomic E-state index is -0.409. The number of ketones is 2. The fourth-order valence-corrected chi connectivity index (χ4v) is 2.15. The van der Waals surface area contributed by atoms with Crippen LogP contribution in [0.1, 0.15) is 39.8 Å². The van der Waals surface area contributed by atoms with Gasteiger partial charge in [-0.05, 0) is 38.3 Å². The Hall–Kier alpha value is -1.75. The largest absolute Gasteiger partial charge is 0.397 e. The van der Waals surface area contributed by atoms with Gasteiger partial charge in [0.15, 0.2) is 0 Å². The minimum absolute atomic E-state index is 0.00336. The lowest BCUT2D eigenvalue weighted by molar-refractivity contribution is -0.121. The highest BCUT2D eigenvalue weighted by atomic mass is 16.1. The molecule has 0 saturated heterocycles. The quantitative estimate of drug-likeness (QED) is 0.762. The van der Waals surface area contributed by atoms with Crippen molar-refractivity contribution in [2.75, 3.05) is 5.73 Å². The van der Waals surface area contributed by atoms with Gasteiger partial charge in [0.1, 0.15) is 11.6 Å². The molecule has 116 valence electrons. The highest BCUT2D eigenvalue weighted by Crippen LogP contribution is 2.10. The summed E-state index contributed by atoms with van der Waals surface area (Å²) in [4.78, 5) is 27.8. The Kier molecular flexibility index (Phi) is 6.49. The van der Waals surface area contributed by atoms with Gasteiger partial charge in [-0.25, -0.2) is 0 Å². The molecule has 0 saturated carbocycles. The van der Waals surface area contributed by atoms with Crippen LogP contribution < -0.4 is 11.1 Å². The number of aromatic nitrogens is 1. The van der Waals surface area contributed by atoms with E-state index in [1.165, 1.54) is 6.92 Å². The van der Waals surface area contributed by atoms with Gasteiger partial charge >= 0.3 is 0 Å². The van der Waals surface area contributed by atoms with Gasteiger partial charge in [0, 0.05) is 12.1 Å². The van der Waals surface area contributed by atoms with Crippen LogP contribution in [0.25, 0.3) is 0 Å². The number of nitrogens with two attached hydrogens (primary N) is 1. The molecule has 0 fully saturated rings. The minimum Gasteiger partial charge on any atom is -0.397 e. The van der Waals surface area contributed by atoms with E-state index in [1.807, 2.05) is 0 Å². The summed E-state index contributed by atoms with van der Waals surface area (Å²) in [6, 6.07) is 2.86. The van der Waals surface area contributed by atoms with Gasteiger partial charge in [0.25, 0.3) is 0 Å². The number of nitrogens with zero attached hydrogens (tertiary/aromatic N) is 1. The lowest BCUT2D eigenvalue weighted by atomic mass is 9.98. The molecule has 0 aliphatic carbocycles. The molecule has 0 aliphatic heterocycles. The summed E-state index contributed by atoms with van der Waals surface area (Å²) in [5.41, 5.74) is 6.97. The molecule has 21 heavy (non-hydrogen) atoms. The number of nitrogens with one attached hydrogen (secondary N) is 1. The predicted octanol–water partition coefficient (Wildman–Crippen LogP) is 1.76. The Morgan fingerprint density at radius 3 is 2.24 bits per heavy atom. The first-order valence-electron chi connectivity index (χ1n) is 7.27. The van der Waals surface area contributed by atoms with Crippen molar-refractivity contribution in [2.24, 2.45) is 5.92 Å². The molecule has 1 heterocycles. The molecule has 0 amide bonds. The standard InChI is InChI=1S/C16H25N3O2/c1-10(2)7-15(11(3)20)19-16(12(4)21)8-14-6-5-13(17)9-18-14/h5-6,9-10,15-16,19H,7-8,17H2,1-4H3/t15-,16-/m0/s1. The van der Waals surface area contributed by atoms with E-state index in [9.17, 15) is 9.59 Å². The molecule has 0 aliphatic rings. The van der Waals surface area contributed by atoms with Gasteiger partial charge < -0.3 is 5.73 Å². The van der Waals surface area contributed by atoms with Gasteiger partial charge in [-0.1, -0.05) is 13.8 Å². The van der Waals surface area contributed by atoms with E-state index in [4.69, 9.17) is 5.73 Å². The molecule has 2 atom stereocenters. The Labute approximate surface area is 126 Å². The van der Waals surface area contributed by atoms with Gasteiger partial charge in [-0.15, -0.1) is 0 Å². The normalized spacial score (nSPS) is 14.0. The molecule has 5 heteroatoms. The first kappa shape index (κ1) is 17.3. The number of rotatable bonds is 8. The van der Waals surface area contributed by atoms with Crippen LogP contribution in [0, 0.1) is 5.92 Å². The zero-order valence-electron chi connectivity index (χ0n) is 13.2. The molecule has 0 unspecified atom stereocenters. The van der Waals surface area contributed by atoms with E-state index in [2.05, 4.69) is 24.1 Å². The summed E-state index contributed by atoms with van der Waals surface area (Å²) in [7, 11) is 0. The number of pyridine rings is 1. The molecule has 0 spiro atoms. The summed E-state index contributed by atoms with van der Waals surface area (Å²) in [6.45, 7) is 7.20. The molecule has 5 nitrogen and oxygen atoms in total. The predicted molar refractivity (Wildman–Crippen MR) is 83.9 cm³/mol. The molecule has 1 aromatic heterocycles. The van der Waals surface area contributed by atoms with Crippen LogP contribution >= 0.6 is 0 Å². The first-order valence-corrected chi connectivity index (χ1v) is 7.27. The monoisotopic (exact) mass is 291 g/mol. The lowest BCUT2D eigenvalue weighted by Crippen LogP contribution is -2.47. The fraction of sp³-hybridized carbons (Fsp3) is 0.562. The second-order valence-electron chi connectivity index (χ2n) is 5.91.